The van der Waals surface area contributed by atoms with Crippen molar-refractivity contribution in [1.82, 2.24) is 4.90 Å². The Morgan fingerprint density at radius 2 is 1.81 bits per heavy atom. The lowest BCUT2D eigenvalue weighted by Gasteiger charge is -2.37. The van der Waals surface area contributed by atoms with Crippen molar-refractivity contribution in [2.45, 2.75) is 25.0 Å². The number of nitrogens with zero attached hydrogens (tertiary/aromatic N) is 1. The largest absolute Gasteiger partial charge is 0.489 e. The lowest BCUT2D eigenvalue weighted by Crippen LogP contribution is -2.29. The summed E-state index contributed by atoms with van der Waals surface area (Å²) in [7, 11) is 3.59. The molecular weight excluding hydrogens is 396 g/mol. The van der Waals surface area contributed by atoms with Gasteiger partial charge in [-0.3, -0.25) is 4.79 Å². The van der Waals surface area contributed by atoms with Gasteiger partial charge in [0.15, 0.2) is 0 Å². The molecular formula is C28H28N2O2. The van der Waals surface area contributed by atoms with E-state index in [1.165, 1.54) is 11.1 Å². The van der Waals surface area contributed by atoms with Crippen LogP contribution in [0.3, 0.4) is 0 Å². The van der Waals surface area contributed by atoms with E-state index < -0.39 is 0 Å². The maximum Gasteiger partial charge on any atom is 0.253 e. The Bertz CT molecular complexity index is 1140. The molecule has 4 nitrogen and oxygen atoms in total. The highest BCUT2D eigenvalue weighted by Gasteiger charge is 2.38. The molecule has 2 aliphatic rings. The van der Waals surface area contributed by atoms with Crippen LogP contribution in [0.2, 0.25) is 0 Å². The fourth-order valence-corrected chi connectivity index (χ4v) is 4.83. The van der Waals surface area contributed by atoms with Gasteiger partial charge in [0, 0.05) is 31.3 Å². The predicted molar refractivity (Wildman–Crippen MR) is 128 cm³/mol. The van der Waals surface area contributed by atoms with Gasteiger partial charge in [-0.25, -0.2) is 0 Å². The van der Waals surface area contributed by atoms with E-state index in [1.807, 2.05) is 24.3 Å². The molecule has 1 amide bonds. The van der Waals surface area contributed by atoms with Gasteiger partial charge in [0.25, 0.3) is 5.91 Å². The Kier molecular flexibility index (Phi) is 5.44. The average Bonchev–Trinajstić information content (AvgIpc) is 3.33. The molecule has 1 aliphatic heterocycles. The third-order valence-electron chi connectivity index (χ3n) is 6.50. The molecule has 3 aromatic carbocycles. The normalized spacial score (nSPS) is 20.8. The van der Waals surface area contributed by atoms with Crippen molar-refractivity contribution in [3.63, 3.8) is 0 Å². The number of nitrogens with one attached hydrogen (secondary N) is 1. The summed E-state index contributed by atoms with van der Waals surface area (Å²) in [5, 5.41) is 3.75. The van der Waals surface area contributed by atoms with Crippen LogP contribution in [-0.4, -0.2) is 24.9 Å². The third-order valence-corrected chi connectivity index (χ3v) is 6.50. The standard InChI is InChI=1S/C28H28N2O2/c1-30(2)28(31)21-13-16-26-25(17-21)23-9-6-10-24(23)27(29-26)20-11-14-22(15-12-20)32-18-19-7-4-3-5-8-19/h3-9,11-17,23-24,27,29H,10,18H2,1-2H3. The van der Waals surface area contributed by atoms with Crippen molar-refractivity contribution in [3.05, 3.63) is 107 Å². The second kappa shape index (κ2) is 8.54. The minimum Gasteiger partial charge on any atom is -0.489 e. The molecule has 3 atom stereocenters. The van der Waals surface area contributed by atoms with E-state index in [4.69, 9.17) is 4.74 Å². The van der Waals surface area contributed by atoms with E-state index in [1.54, 1.807) is 19.0 Å². The van der Waals surface area contributed by atoms with Crippen LogP contribution >= 0.6 is 0 Å². The number of carbonyl (C=O) groups excluding carboxylic acids is 1. The Morgan fingerprint density at radius 3 is 2.56 bits per heavy atom. The van der Waals surface area contributed by atoms with Crippen molar-refractivity contribution in [1.29, 1.82) is 0 Å². The fraction of sp³-hybridized carbons (Fsp3) is 0.250. The molecule has 1 heterocycles. The van der Waals surface area contributed by atoms with Crippen LogP contribution in [0.4, 0.5) is 5.69 Å². The Hall–Kier alpha value is -3.53. The van der Waals surface area contributed by atoms with Gasteiger partial charge in [-0.05, 0) is 59.4 Å². The third kappa shape index (κ3) is 3.89. The van der Waals surface area contributed by atoms with Crippen LogP contribution in [0.15, 0.2) is 84.9 Å². The quantitative estimate of drug-likeness (QED) is 0.527. The number of benzene rings is 3. The van der Waals surface area contributed by atoms with Crippen LogP contribution in [-0.2, 0) is 6.61 Å². The number of hydrogen-bond donors (Lipinski definition) is 1. The number of hydrogen-bond acceptors (Lipinski definition) is 3. The minimum absolute atomic E-state index is 0.0412. The fourth-order valence-electron chi connectivity index (χ4n) is 4.83. The van der Waals surface area contributed by atoms with Gasteiger partial charge in [-0.15, -0.1) is 0 Å². The van der Waals surface area contributed by atoms with Gasteiger partial charge in [-0.2, -0.15) is 0 Å². The van der Waals surface area contributed by atoms with Gasteiger partial charge < -0.3 is 15.0 Å². The summed E-state index contributed by atoms with van der Waals surface area (Å²) in [5.74, 6) is 1.67. The molecule has 4 heteroatoms. The van der Waals surface area contributed by atoms with Gasteiger partial charge in [0.1, 0.15) is 12.4 Å². The van der Waals surface area contributed by atoms with E-state index in [9.17, 15) is 4.79 Å². The number of amides is 1. The first-order chi connectivity index (χ1) is 15.6. The number of rotatable bonds is 5. The number of allylic oxidation sites excluding steroid dienone is 2. The summed E-state index contributed by atoms with van der Waals surface area (Å²) in [5.41, 5.74) is 5.50. The molecule has 162 valence electrons. The predicted octanol–water partition coefficient (Wildman–Crippen LogP) is 5.79. The lowest BCUT2D eigenvalue weighted by atomic mass is 9.76. The van der Waals surface area contributed by atoms with Crippen LogP contribution in [0, 0.1) is 5.92 Å². The van der Waals surface area contributed by atoms with Crippen molar-refractivity contribution in [2.24, 2.45) is 5.92 Å². The Morgan fingerprint density at radius 1 is 1.03 bits per heavy atom. The molecule has 0 aromatic heterocycles. The Balaban J connectivity index is 1.36. The van der Waals surface area contributed by atoms with E-state index in [2.05, 4.69) is 66.0 Å². The van der Waals surface area contributed by atoms with Crippen molar-refractivity contribution in [3.8, 4) is 5.75 Å². The summed E-state index contributed by atoms with van der Waals surface area (Å²) < 4.78 is 5.96. The highest BCUT2D eigenvalue weighted by Crippen LogP contribution is 2.50. The molecule has 0 fully saturated rings. The van der Waals surface area contributed by atoms with Gasteiger partial charge >= 0.3 is 0 Å². The highest BCUT2D eigenvalue weighted by atomic mass is 16.5. The molecule has 0 radical (unpaired) electrons. The van der Waals surface area contributed by atoms with E-state index in [-0.39, 0.29) is 11.9 Å². The van der Waals surface area contributed by atoms with Crippen LogP contribution in [0.25, 0.3) is 0 Å². The summed E-state index contributed by atoms with van der Waals surface area (Å²) in [6.45, 7) is 0.567. The molecule has 1 N–H and O–H groups in total. The van der Waals surface area contributed by atoms with Crippen molar-refractivity contribution < 1.29 is 9.53 Å². The topological polar surface area (TPSA) is 41.6 Å². The summed E-state index contributed by atoms with van der Waals surface area (Å²) in [6, 6.07) is 24.9. The monoisotopic (exact) mass is 424 g/mol. The second-order valence-electron chi connectivity index (χ2n) is 8.82. The molecule has 3 aromatic rings. The van der Waals surface area contributed by atoms with Crippen LogP contribution < -0.4 is 10.1 Å². The number of fused-ring (bicyclic) bond motifs is 3. The van der Waals surface area contributed by atoms with E-state index >= 15 is 0 Å². The van der Waals surface area contributed by atoms with Crippen molar-refractivity contribution in [2.75, 3.05) is 19.4 Å². The lowest BCUT2D eigenvalue weighted by molar-refractivity contribution is 0.0827. The smallest absolute Gasteiger partial charge is 0.253 e. The molecule has 0 saturated carbocycles. The summed E-state index contributed by atoms with van der Waals surface area (Å²) >= 11 is 0. The van der Waals surface area contributed by atoms with Crippen LogP contribution in [0.1, 0.15) is 45.4 Å². The molecule has 5 rings (SSSR count). The first kappa shape index (κ1) is 20.4. The SMILES string of the molecule is CN(C)C(=O)c1ccc2c(c1)C1C=CCC1C(c1ccc(OCc3ccccc3)cc1)N2. The zero-order valence-electron chi connectivity index (χ0n) is 18.5. The first-order valence-corrected chi connectivity index (χ1v) is 11.2. The maximum absolute atomic E-state index is 12.5. The van der Waals surface area contributed by atoms with Gasteiger partial charge in [0.05, 0.1) is 6.04 Å². The zero-order valence-corrected chi connectivity index (χ0v) is 18.5. The highest BCUT2D eigenvalue weighted by molar-refractivity contribution is 5.94. The zero-order chi connectivity index (χ0) is 22.1. The molecule has 32 heavy (non-hydrogen) atoms. The molecule has 3 unspecified atom stereocenters. The van der Waals surface area contributed by atoms with Crippen molar-refractivity contribution >= 4 is 11.6 Å². The second-order valence-corrected chi connectivity index (χ2v) is 8.82. The van der Waals surface area contributed by atoms with Crippen LogP contribution in [0.5, 0.6) is 5.75 Å². The summed E-state index contributed by atoms with van der Waals surface area (Å²) in [4.78, 5) is 14.1. The number of carbonyl (C=O) groups is 1. The number of ether oxygens (including phenoxy) is 1. The first-order valence-electron chi connectivity index (χ1n) is 11.2. The minimum atomic E-state index is 0.0412. The summed E-state index contributed by atoms with van der Waals surface area (Å²) in [6.07, 6.45) is 5.61. The van der Waals surface area contributed by atoms with E-state index in [0.29, 0.717) is 18.4 Å². The molecule has 0 bridgehead atoms. The molecule has 0 spiro atoms. The molecule has 0 saturated heterocycles. The molecule has 1 aliphatic carbocycles. The number of anilines is 1. The van der Waals surface area contributed by atoms with Gasteiger partial charge in [-0.1, -0.05) is 54.6 Å². The van der Waals surface area contributed by atoms with Gasteiger partial charge in [0.2, 0.25) is 0 Å². The average molecular weight is 425 g/mol. The van der Waals surface area contributed by atoms with E-state index in [0.717, 1.165) is 29.0 Å². The maximum atomic E-state index is 12.5. The Labute approximate surface area is 189 Å².